The summed E-state index contributed by atoms with van der Waals surface area (Å²) >= 11 is 1.68. The van der Waals surface area contributed by atoms with Gasteiger partial charge in [-0.3, -0.25) is 0 Å². The Labute approximate surface area is 126 Å². The van der Waals surface area contributed by atoms with Gasteiger partial charge in [-0.2, -0.15) is 13.2 Å². The highest BCUT2D eigenvalue weighted by Crippen LogP contribution is 2.31. The lowest BCUT2D eigenvalue weighted by atomic mass is 9.99. The van der Waals surface area contributed by atoms with Crippen LogP contribution in [0, 0.1) is 0 Å². The van der Waals surface area contributed by atoms with Crippen molar-refractivity contribution < 1.29 is 13.2 Å². The first-order valence-corrected chi connectivity index (χ1v) is 7.81. The summed E-state index contributed by atoms with van der Waals surface area (Å²) in [6.07, 6.45) is -2.64. The number of nitrogens with one attached hydrogen (secondary N) is 1. The third-order valence-corrected chi connectivity index (χ3v) is 4.26. The van der Waals surface area contributed by atoms with E-state index in [1.807, 2.05) is 18.4 Å². The van der Waals surface area contributed by atoms with E-state index >= 15 is 0 Å². The molecule has 0 radical (unpaired) electrons. The number of aryl methyl sites for hydroxylation is 1. The number of halogens is 3. The van der Waals surface area contributed by atoms with E-state index in [2.05, 4.69) is 11.4 Å². The molecule has 1 aromatic heterocycles. The van der Waals surface area contributed by atoms with Crippen molar-refractivity contribution in [3.05, 3.63) is 57.8 Å². The van der Waals surface area contributed by atoms with Crippen LogP contribution in [0.25, 0.3) is 0 Å². The van der Waals surface area contributed by atoms with Crippen LogP contribution in [0.5, 0.6) is 0 Å². The summed E-state index contributed by atoms with van der Waals surface area (Å²) in [5.41, 5.74) is 0.113. The Kier molecular flexibility index (Phi) is 5.42. The van der Waals surface area contributed by atoms with E-state index in [9.17, 15) is 13.2 Å². The number of thiophene rings is 1. The summed E-state index contributed by atoms with van der Waals surface area (Å²) < 4.78 is 38.4. The molecule has 0 aliphatic heterocycles. The highest BCUT2D eigenvalue weighted by Gasteiger charge is 2.30. The first-order chi connectivity index (χ1) is 10.0. The molecule has 1 unspecified atom stereocenters. The molecular weight excluding hydrogens is 295 g/mol. The number of rotatable bonds is 6. The highest BCUT2D eigenvalue weighted by molar-refractivity contribution is 7.09. The maximum atomic E-state index is 12.8. The Balaban J connectivity index is 2.13. The van der Waals surface area contributed by atoms with E-state index in [1.165, 1.54) is 17.0 Å². The van der Waals surface area contributed by atoms with Crippen molar-refractivity contribution in [2.45, 2.75) is 32.0 Å². The summed E-state index contributed by atoms with van der Waals surface area (Å²) in [5, 5.41) is 5.29. The van der Waals surface area contributed by atoms with E-state index in [1.54, 1.807) is 17.4 Å². The maximum Gasteiger partial charge on any atom is 0.416 e. The summed E-state index contributed by atoms with van der Waals surface area (Å²) in [5.74, 6) is 0. The molecule has 1 nitrogen and oxygen atoms in total. The zero-order valence-corrected chi connectivity index (χ0v) is 12.6. The fourth-order valence-electron chi connectivity index (χ4n) is 2.31. The lowest BCUT2D eigenvalue weighted by Gasteiger charge is -2.19. The molecule has 5 heteroatoms. The molecule has 1 heterocycles. The molecule has 0 amide bonds. The molecule has 0 bridgehead atoms. The molecule has 0 aliphatic rings. The van der Waals surface area contributed by atoms with Gasteiger partial charge in [-0.1, -0.05) is 25.1 Å². The monoisotopic (exact) mass is 313 g/mol. The second-order valence-corrected chi connectivity index (χ2v) is 5.88. The molecule has 114 valence electrons. The van der Waals surface area contributed by atoms with Crippen molar-refractivity contribution >= 4 is 11.3 Å². The molecular formula is C16H18F3NS. The first-order valence-electron chi connectivity index (χ1n) is 6.93. The molecule has 0 saturated carbocycles. The Morgan fingerprint density at radius 3 is 2.62 bits per heavy atom. The highest BCUT2D eigenvalue weighted by atomic mass is 32.1. The van der Waals surface area contributed by atoms with Crippen LogP contribution in [0.2, 0.25) is 0 Å². The van der Waals surface area contributed by atoms with E-state index in [4.69, 9.17) is 0 Å². The normalized spacial score (nSPS) is 13.3. The van der Waals surface area contributed by atoms with Gasteiger partial charge in [-0.05, 0) is 48.5 Å². The van der Waals surface area contributed by atoms with Gasteiger partial charge in [-0.25, -0.2) is 0 Å². The van der Waals surface area contributed by atoms with Gasteiger partial charge in [0.05, 0.1) is 5.56 Å². The van der Waals surface area contributed by atoms with Crippen LogP contribution in [-0.2, 0) is 12.6 Å². The summed E-state index contributed by atoms with van der Waals surface area (Å²) in [6.45, 7) is 2.69. The fourth-order valence-corrected chi connectivity index (χ4v) is 3.03. The molecule has 0 fully saturated rings. The standard InChI is InChI=1S/C16H18F3NS/c1-2-20-15(9-8-14-7-4-10-21-14)12-5-3-6-13(11-12)16(17,18)19/h3-7,10-11,15,20H,2,8-9H2,1H3. The van der Waals surface area contributed by atoms with Crippen LogP contribution in [0.4, 0.5) is 13.2 Å². The topological polar surface area (TPSA) is 12.0 Å². The van der Waals surface area contributed by atoms with Gasteiger partial charge < -0.3 is 5.32 Å². The van der Waals surface area contributed by atoms with Crippen molar-refractivity contribution in [3.8, 4) is 0 Å². The molecule has 1 aromatic carbocycles. The van der Waals surface area contributed by atoms with Crippen LogP contribution in [-0.4, -0.2) is 6.54 Å². The number of benzene rings is 1. The van der Waals surface area contributed by atoms with E-state index in [0.717, 1.165) is 25.5 Å². The SMILES string of the molecule is CCNC(CCc1cccs1)c1cccc(C(F)(F)F)c1. The average Bonchev–Trinajstić information content (AvgIpc) is 2.96. The Bertz CT molecular complexity index is 549. The third-order valence-electron chi connectivity index (χ3n) is 3.33. The van der Waals surface area contributed by atoms with Crippen molar-refractivity contribution in [3.63, 3.8) is 0 Å². The molecule has 2 rings (SSSR count). The van der Waals surface area contributed by atoms with Crippen LogP contribution < -0.4 is 5.32 Å². The van der Waals surface area contributed by atoms with Crippen molar-refractivity contribution in [2.75, 3.05) is 6.54 Å². The molecule has 2 aromatic rings. The largest absolute Gasteiger partial charge is 0.416 e. The predicted octanol–water partition coefficient (Wildman–Crippen LogP) is 5.05. The van der Waals surface area contributed by atoms with E-state index in [-0.39, 0.29) is 6.04 Å². The van der Waals surface area contributed by atoms with E-state index < -0.39 is 11.7 Å². The lowest BCUT2D eigenvalue weighted by molar-refractivity contribution is -0.137. The number of hydrogen-bond donors (Lipinski definition) is 1. The minimum atomic E-state index is -4.29. The Hall–Kier alpha value is -1.33. The second-order valence-electron chi connectivity index (χ2n) is 4.85. The van der Waals surface area contributed by atoms with E-state index in [0.29, 0.717) is 5.56 Å². The molecule has 0 spiro atoms. The Morgan fingerprint density at radius 2 is 2.00 bits per heavy atom. The zero-order valence-electron chi connectivity index (χ0n) is 11.8. The summed E-state index contributed by atoms with van der Waals surface area (Å²) in [6, 6.07) is 9.60. The summed E-state index contributed by atoms with van der Waals surface area (Å²) in [4.78, 5) is 1.25. The molecule has 0 aliphatic carbocycles. The first kappa shape index (κ1) is 16.0. The third kappa shape index (κ3) is 4.58. The van der Waals surface area contributed by atoms with Crippen LogP contribution in [0.3, 0.4) is 0 Å². The van der Waals surface area contributed by atoms with Crippen molar-refractivity contribution in [1.82, 2.24) is 5.32 Å². The molecule has 21 heavy (non-hydrogen) atoms. The van der Waals surface area contributed by atoms with Gasteiger partial charge in [-0.15, -0.1) is 11.3 Å². The molecule has 1 N–H and O–H groups in total. The predicted molar refractivity (Wildman–Crippen MR) is 80.5 cm³/mol. The summed E-state index contributed by atoms with van der Waals surface area (Å²) in [7, 11) is 0. The van der Waals surface area contributed by atoms with Crippen LogP contribution >= 0.6 is 11.3 Å². The smallest absolute Gasteiger partial charge is 0.310 e. The van der Waals surface area contributed by atoms with Gasteiger partial charge in [0, 0.05) is 10.9 Å². The van der Waals surface area contributed by atoms with Gasteiger partial charge in [0.15, 0.2) is 0 Å². The van der Waals surface area contributed by atoms with Crippen molar-refractivity contribution in [1.29, 1.82) is 0 Å². The number of alkyl halides is 3. The van der Waals surface area contributed by atoms with Gasteiger partial charge in [0.1, 0.15) is 0 Å². The van der Waals surface area contributed by atoms with Gasteiger partial charge in [0.25, 0.3) is 0 Å². The zero-order chi connectivity index (χ0) is 15.3. The molecule has 0 saturated heterocycles. The average molecular weight is 313 g/mol. The van der Waals surface area contributed by atoms with Gasteiger partial charge in [0.2, 0.25) is 0 Å². The quantitative estimate of drug-likeness (QED) is 0.787. The maximum absolute atomic E-state index is 12.8. The Morgan fingerprint density at radius 1 is 1.19 bits per heavy atom. The van der Waals surface area contributed by atoms with Crippen LogP contribution in [0.1, 0.15) is 35.4 Å². The molecule has 1 atom stereocenters. The minimum Gasteiger partial charge on any atom is -0.310 e. The number of hydrogen-bond acceptors (Lipinski definition) is 2. The second kappa shape index (κ2) is 7.09. The fraction of sp³-hybridized carbons (Fsp3) is 0.375. The van der Waals surface area contributed by atoms with Crippen molar-refractivity contribution in [2.24, 2.45) is 0 Å². The lowest BCUT2D eigenvalue weighted by Crippen LogP contribution is -2.22. The van der Waals surface area contributed by atoms with Crippen LogP contribution in [0.15, 0.2) is 41.8 Å². The van der Waals surface area contributed by atoms with Gasteiger partial charge >= 0.3 is 6.18 Å². The minimum absolute atomic E-state index is 0.0561.